The van der Waals surface area contributed by atoms with Crippen molar-refractivity contribution >= 4 is 29.2 Å². The molecule has 1 saturated heterocycles. The van der Waals surface area contributed by atoms with E-state index in [2.05, 4.69) is 34.5 Å². The highest BCUT2D eigenvalue weighted by atomic mass is 35.5. The summed E-state index contributed by atoms with van der Waals surface area (Å²) in [5.74, 6) is -2.94. The second-order valence-electron chi connectivity index (χ2n) is 8.55. The van der Waals surface area contributed by atoms with Gasteiger partial charge in [-0.3, -0.25) is 9.69 Å². The lowest BCUT2D eigenvalue weighted by Gasteiger charge is -2.29. The highest BCUT2D eigenvalue weighted by Gasteiger charge is 2.38. The number of piperidine rings is 1. The average Bonchev–Trinajstić information content (AvgIpc) is 2.86. The first kappa shape index (κ1) is 28.2. The van der Waals surface area contributed by atoms with E-state index < -0.39 is 12.1 Å². The number of nitrogens with zero attached hydrogens (tertiary/aromatic N) is 1. The van der Waals surface area contributed by atoms with E-state index in [4.69, 9.17) is 21.5 Å². The molecular weight excluding hydrogens is 509 g/mol. The lowest BCUT2D eigenvalue weighted by Crippen LogP contribution is -2.35. The smallest absolute Gasteiger partial charge is 0.475 e. The number of carbonyl (C=O) groups is 2. The minimum absolute atomic E-state index is 0.143. The van der Waals surface area contributed by atoms with E-state index in [1.807, 2.05) is 24.3 Å². The zero-order chi connectivity index (χ0) is 27.0. The summed E-state index contributed by atoms with van der Waals surface area (Å²) in [4.78, 5) is 23.8. The van der Waals surface area contributed by atoms with E-state index in [-0.39, 0.29) is 12.0 Å². The number of benzene rings is 3. The zero-order valence-corrected chi connectivity index (χ0v) is 20.5. The van der Waals surface area contributed by atoms with E-state index in [0.29, 0.717) is 10.6 Å². The fraction of sp³-hybridized carbons (Fsp3) is 0.259. The third-order valence-electron chi connectivity index (χ3n) is 5.70. The predicted octanol–water partition coefficient (Wildman–Crippen LogP) is 5.85. The van der Waals surface area contributed by atoms with E-state index in [9.17, 15) is 23.1 Å². The SMILES string of the molecule is O=C(Nc1cccc(-c2ccc(CN3CCC(O)CC3)cc2)c1)c1cccc(Cl)c1.O=C(O)C(F)(F)F. The molecule has 0 unspecified atom stereocenters. The third-order valence-corrected chi connectivity index (χ3v) is 5.94. The molecule has 6 nitrogen and oxygen atoms in total. The molecular formula is C27H26ClF3N2O4. The Balaban J connectivity index is 0.000000479. The molecule has 3 N–H and O–H groups in total. The van der Waals surface area contributed by atoms with Crippen LogP contribution in [0.5, 0.6) is 0 Å². The fourth-order valence-corrected chi connectivity index (χ4v) is 3.94. The number of likely N-dealkylation sites (tertiary alicyclic amines) is 1. The highest BCUT2D eigenvalue weighted by molar-refractivity contribution is 6.31. The van der Waals surface area contributed by atoms with Crippen molar-refractivity contribution in [1.29, 1.82) is 0 Å². The Morgan fingerprint density at radius 1 is 0.946 bits per heavy atom. The Morgan fingerprint density at radius 3 is 2.16 bits per heavy atom. The second-order valence-corrected chi connectivity index (χ2v) is 8.99. The number of hydrogen-bond donors (Lipinski definition) is 3. The number of alkyl halides is 3. The number of rotatable bonds is 5. The van der Waals surface area contributed by atoms with Crippen molar-refractivity contribution < 1.29 is 33.0 Å². The number of aliphatic hydroxyl groups is 1. The first-order valence-electron chi connectivity index (χ1n) is 11.5. The molecule has 3 aromatic rings. The minimum Gasteiger partial charge on any atom is -0.475 e. The van der Waals surface area contributed by atoms with Gasteiger partial charge in [0.2, 0.25) is 0 Å². The number of hydrogen-bond acceptors (Lipinski definition) is 4. The number of aliphatic hydroxyl groups excluding tert-OH is 1. The van der Waals surface area contributed by atoms with Gasteiger partial charge in [-0.1, -0.05) is 54.1 Å². The van der Waals surface area contributed by atoms with Gasteiger partial charge in [0, 0.05) is 35.9 Å². The normalized spacial score (nSPS) is 14.4. The summed E-state index contributed by atoms with van der Waals surface area (Å²) < 4.78 is 31.7. The Hall–Kier alpha value is -3.40. The molecule has 1 aliphatic heterocycles. The Morgan fingerprint density at radius 2 is 1.57 bits per heavy atom. The molecule has 0 bridgehead atoms. The van der Waals surface area contributed by atoms with Crippen molar-refractivity contribution in [2.45, 2.75) is 31.7 Å². The summed E-state index contributed by atoms with van der Waals surface area (Å²) in [7, 11) is 0. The maximum Gasteiger partial charge on any atom is 0.490 e. The lowest BCUT2D eigenvalue weighted by atomic mass is 10.0. The van der Waals surface area contributed by atoms with Crippen LogP contribution in [0.1, 0.15) is 28.8 Å². The molecule has 1 amide bonds. The van der Waals surface area contributed by atoms with E-state index in [1.54, 1.807) is 24.3 Å². The van der Waals surface area contributed by atoms with E-state index >= 15 is 0 Å². The maximum absolute atomic E-state index is 12.5. The molecule has 1 aliphatic rings. The summed E-state index contributed by atoms with van der Waals surface area (Å²) in [6, 6.07) is 23.3. The van der Waals surface area contributed by atoms with Gasteiger partial charge >= 0.3 is 12.1 Å². The van der Waals surface area contributed by atoms with Gasteiger partial charge in [-0.05, 0) is 59.9 Å². The van der Waals surface area contributed by atoms with Gasteiger partial charge in [0.1, 0.15) is 0 Å². The zero-order valence-electron chi connectivity index (χ0n) is 19.7. The molecule has 37 heavy (non-hydrogen) atoms. The number of amides is 1. The predicted molar refractivity (Wildman–Crippen MR) is 135 cm³/mol. The maximum atomic E-state index is 12.5. The summed E-state index contributed by atoms with van der Waals surface area (Å²) >= 11 is 5.98. The molecule has 3 aromatic carbocycles. The van der Waals surface area contributed by atoms with Gasteiger partial charge in [-0.2, -0.15) is 13.2 Å². The topological polar surface area (TPSA) is 89.9 Å². The fourth-order valence-electron chi connectivity index (χ4n) is 3.75. The van der Waals surface area contributed by atoms with Gasteiger partial charge in [0.05, 0.1) is 6.10 Å². The van der Waals surface area contributed by atoms with Crippen LogP contribution in [0.25, 0.3) is 11.1 Å². The van der Waals surface area contributed by atoms with Gasteiger partial charge in [0.15, 0.2) is 0 Å². The number of halogens is 4. The van der Waals surface area contributed by atoms with Gasteiger partial charge in [0.25, 0.3) is 5.91 Å². The number of anilines is 1. The van der Waals surface area contributed by atoms with Crippen LogP contribution in [0, 0.1) is 0 Å². The standard InChI is InChI=1S/C25H25ClN2O2.C2HF3O2/c26-22-5-1-4-21(15-22)25(30)27-23-6-2-3-20(16-23)19-9-7-18(8-10-19)17-28-13-11-24(29)12-14-28;3-2(4,5)1(6)7/h1-10,15-16,24,29H,11-14,17H2,(H,27,30);(H,6,7). The van der Waals surface area contributed by atoms with Gasteiger partial charge in [-0.15, -0.1) is 0 Å². The van der Waals surface area contributed by atoms with Crippen LogP contribution in [0.15, 0.2) is 72.8 Å². The molecule has 1 fully saturated rings. The van der Waals surface area contributed by atoms with Crippen LogP contribution in [0.2, 0.25) is 5.02 Å². The molecule has 10 heteroatoms. The average molecular weight is 535 g/mol. The summed E-state index contributed by atoms with van der Waals surface area (Å²) in [5, 5.41) is 20.3. The number of carbonyl (C=O) groups excluding carboxylic acids is 1. The quantitative estimate of drug-likeness (QED) is 0.382. The van der Waals surface area contributed by atoms with Crippen molar-refractivity contribution in [3.63, 3.8) is 0 Å². The number of carboxylic acids is 1. The highest BCUT2D eigenvalue weighted by Crippen LogP contribution is 2.24. The van der Waals surface area contributed by atoms with E-state index in [0.717, 1.165) is 49.3 Å². The summed E-state index contributed by atoms with van der Waals surface area (Å²) in [6.07, 6.45) is -3.52. The van der Waals surface area contributed by atoms with Crippen molar-refractivity contribution in [3.05, 3.63) is 88.9 Å². The monoisotopic (exact) mass is 534 g/mol. The van der Waals surface area contributed by atoms with E-state index in [1.165, 1.54) is 5.56 Å². The molecule has 0 atom stereocenters. The number of carboxylic acid groups (broad SMARTS) is 1. The number of aliphatic carboxylic acids is 1. The lowest BCUT2D eigenvalue weighted by molar-refractivity contribution is -0.192. The molecule has 4 rings (SSSR count). The van der Waals surface area contributed by atoms with Crippen LogP contribution in [0.3, 0.4) is 0 Å². The van der Waals surface area contributed by atoms with Crippen LogP contribution >= 0.6 is 11.6 Å². The Bertz CT molecular complexity index is 1210. The van der Waals surface area contributed by atoms with Crippen LogP contribution in [0.4, 0.5) is 18.9 Å². The molecule has 196 valence electrons. The van der Waals surface area contributed by atoms with Crippen molar-refractivity contribution in [1.82, 2.24) is 4.90 Å². The molecule has 0 aliphatic carbocycles. The minimum atomic E-state index is -5.08. The number of nitrogens with one attached hydrogen (secondary N) is 1. The largest absolute Gasteiger partial charge is 0.490 e. The Kier molecular flexibility index (Phi) is 9.68. The van der Waals surface area contributed by atoms with Crippen molar-refractivity contribution in [3.8, 4) is 11.1 Å². The first-order valence-corrected chi connectivity index (χ1v) is 11.9. The van der Waals surface area contributed by atoms with Crippen LogP contribution in [-0.4, -0.2) is 52.4 Å². The third kappa shape index (κ3) is 8.89. The van der Waals surface area contributed by atoms with Crippen LogP contribution < -0.4 is 5.32 Å². The first-order chi connectivity index (χ1) is 17.5. The molecule has 0 aromatic heterocycles. The second kappa shape index (κ2) is 12.7. The molecule has 1 heterocycles. The molecule has 0 saturated carbocycles. The van der Waals surface area contributed by atoms with Crippen LogP contribution in [-0.2, 0) is 11.3 Å². The molecule has 0 spiro atoms. The van der Waals surface area contributed by atoms with Gasteiger partial charge < -0.3 is 15.5 Å². The molecule has 0 radical (unpaired) electrons. The van der Waals surface area contributed by atoms with Crippen molar-refractivity contribution in [2.75, 3.05) is 18.4 Å². The van der Waals surface area contributed by atoms with Crippen molar-refractivity contribution in [2.24, 2.45) is 0 Å². The summed E-state index contributed by atoms with van der Waals surface area (Å²) in [6.45, 7) is 2.79. The summed E-state index contributed by atoms with van der Waals surface area (Å²) in [5.41, 5.74) is 4.69. The Labute approximate surface area is 217 Å². The van der Waals surface area contributed by atoms with Gasteiger partial charge in [-0.25, -0.2) is 4.79 Å².